The zero-order valence-corrected chi connectivity index (χ0v) is 37.3. The minimum atomic E-state index is -3.27. The second kappa shape index (κ2) is 21.4. The predicted molar refractivity (Wildman–Crippen MR) is 238 cm³/mol. The second-order valence-corrected chi connectivity index (χ2v) is 19.4. The van der Waals surface area contributed by atoms with E-state index in [4.69, 9.17) is 21.4 Å². The van der Waals surface area contributed by atoms with Crippen molar-refractivity contribution in [1.82, 2.24) is 19.6 Å². The average molecular weight is 898 g/mol. The minimum Gasteiger partial charge on any atom is -0.480 e. The van der Waals surface area contributed by atoms with Gasteiger partial charge in [-0.15, -0.1) is 35.1 Å². The van der Waals surface area contributed by atoms with Crippen molar-refractivity contribution in [3.05, 3.63) is 121 Å². The zero-order chi connectivity index (χ0) is 43.3. The molecule has 6 aromatic rings. The molecule has 0 aliphatic heterocycles. The Hall–Kier alpha value is -4.87. The van der Waals surface area contributed by atoms with Crippen LogP contribution >= 0.6 is 35.1 Å². The molecule has 59 heavy (non-hydrogen) atoms. The van der Waals surface area contributed by atoms with Crippen LogP contribution in [0.25, 0.3) is 44.8 Å². The van der Waals surface area contributed by atoms with Gasteiger partial charge in [-0.25, -0.2) is 16.8 Å². The number of carbonyl (C=O) groups is 2. The Morgan fingerprint density at radius 3 is 1.37 bits per heavy atom. The van der Waals surface area contributed by atoms with Crippen molar-refractivity contribution in [3.8, 4) is 44.8 Å². The molecule has 1 N–H and O–H groups in total. The Bertz CT molecular complexity index is 2590. The molecule has 2 heterocycles. The number of halogens is 1. The lowest BCUT2D eigenvalue weighted by Crippen LogP contribution is -2.15. The van der Waals surface area contributed by atoms with Gasteiger partial charge in [0.25, 0.3) is 0 Å². The summed E-state index contributed by atoms with van der Waals surface area (Å²) in [6.45, 7) is 3.52. The number of aryl methyl sites for hydroxylation is 2. The summed E-state index contributed by atoms with van der Waals surface area (Å²) in [7, 11) is -6.53. The zero-order valence-electron chi connectivity index (χ0n) is 33.3. The van der Waals surface area contributed by atoms with E-state index in [0.29, 0.717) is 11.2 Å². The molecule has 0 aliphatic rings. The fourth-order valence-corrected chi connectivity index (χ4v) is 7.28. The molecule has 12 nitrogen and oxygen atoms in total. The van der Waals surface area contributed by atoms with E-state index in [-0.39, 0.29) is 28.8 Å². The number of carbonyl (C=O) groups excluding carboxylic acids is 1. The first-order valence-corrected chi connectivity index (χ1v) is 24.9. The van der Waals surface area contributed by atoms with Gasteiger partial charge in [0.2, 0.25) is 0 Å². The van der Waals surface area contributed by atoms with E-state index in [9.17, 15) is 26.4 Å². The molecule has 6 rings (SSSR count). The monoisotopic (exact) mass is 896 g/mol. The Labute approximate surface area is 358 Å². The first-order chi connectivity index (χ1) is 27.9. The third kappa shape index (κ3) is 13.9. The number of aliphatic carboxylic acids is 1. The molecule has 312 valence electrons. The summed E-state index contributed by atoms with van der Waals surface area (Å²) >= 11 is 8.21. The summed E-state index contributed by atoms with van der Waals surface area (Å²) in [6, 6.07) is 32.6. The van der Waals surface area contributed by atoms with E-state index in [2.05, 4.69) is 10.2 Å². The molecular formula is C42H45ClN4O8S4. The number of thioether (sulfide) groups is 2. The van der Waals surface area contributed by atoms with Crippen molar-refractivity contribution < 1.29 is 36.3 Å². The van der Waals surface area contributed by atoms with Gasteiger partial charge in [-0.05, 0) is 96.1 Å². The third-order valence-corrected chi connectivity index (χ3v) is 11.8. The molecule has 0 unspecified atom stereocenters. The standard InChI is InChI=1S/C21H22N2O4S2.C19H18N2O4S.C2H5ClS/c1-15-11-20(23(22-15)13-21(24)27-14-28-2)17-9-7-16(8-10-17)18-5-4-6-19(12-18)29(3,25)26;1-13-10-18(21(20-13)12-19(22)23)15-8-6-14(7-9-15)16-4-3-5-17(11-16)26(2,24)25;1-4-2-3/h4-12H,13-14H2,1-3H3;3-11H,12H2,1-2H3,(H,22,23);2H2,1H3. The SMILES string of the molecule is CSCCl.CSCOC(=O)Cn1nc(C)cc1-c1ccc(-c2cccc(S(C)(=O)=O)c2)cc1.Cc1cc(-c2ccc(-c3cccc(S(C)(=O)=O)c3)cc2)n(CC(=O)O)n1. The van der Waals surface area contributed by atoms with Crippen molar-refractivity contribution in [3.63, 3.8) is 0 Å². The van der Waals surface area contributed by atoms with Gasteiger partial charge in [-0.1, -0.05) is 72.8 Å². The number of hydrogen-bond donors (Lipinski definition) is 1. The summed E-state index contributed by atoms with van der Waals surface area (Å²) < 4.78 is 55.3. The molecular weight excluding hydrogens is 852 g/mol. The Morgan fingerprint density at radius 1 is 0.627 bits per heavy atom. The summed E-state index contributed by atoms with van der Waals surface area (Å²) in [5, 5.41) is 18.3. The quantitative estimate of drug-likeness (QED) is 0.0670. The topological polar surface area (TPSA) is 168 Å². The molecule has 2 aromatic heterocycles. The average Bonchev–Trinajstić information content (AvgIpc) is 3.76. The Balaban J connectivity index is 0.000000240. The molecule has 0 bridgehead atoms. The number of esters is 1. The number of benzene rings is 4. The van der Waals surface area contributed by atoms with Crippen LogP contribution in [0.4, 0.5) is 0 Å². The summed E-state index contributed by atoms with van der Waals surface area (Å²) in [6.07, 6.45) is 6.21. The number of carboxylic acid groups (broad SMARTS) is 1. The lowest BCUT2D eigenvalue weighted by atomic mass is 10.0. The molecule has 0 saturated heterocycles. The number of sulfone groups is 2. The number of hydrogen-bond acceptors (Lipinski definition) is 11. The van der Waals surface area contributed by atoms with Crippen LogP contribution < -0.4 is 0 Å². The number of ether oxygens (including phenoxy) is 1. The summed E-state index contributed by atoms with van der Waals surface area (Å²) in [4.78, 5) is 23.5. The van der Waals surface area contributed by atoms with Crippen LogP contribution in [0.3, 0.4) is 0 Å². The number of rotatable bonds is 13. The van der Waals surface area contributed by atoms with Crippen LogP contribution in [0.5, 0.6) is 0 Å². The second-order valence-electron chi connectivity index (χ2n) is 13.1. The number of aromatic nitrogens is 4. The maximum atomic E-state index is 12.0. The van der Waals surface area contributed by atoms with Gasteiger partial charge >= 0.3 is 11.9 Å². The first kappa shape index (κ1) is 46.8. The van der Waals surface area contributed by atoms with Gasteiger partial charge in [0.15, 0.2) is 19.7 Å². The van der Waals surface area contributed by atoms with Gasteiger partial charge < -0.3 is 9.84 Å². The molecule has 17 heteroatoms. The fourth-order valence-electron chi connectivity index (χ4n) is 5.70. The lowest BCUT2D eigenvalue weighted by Gasteiger charge is -2.09. The summed E-state index contributed by atoms with van der Waals surface area (Å²) in [5.74, 6) is -0.975. The molecule has 0 radical (unpaired) electrons. The van der Waals surface area contributed by atoms with Crippen LogP contribution in [0, 0.1) is 13.8 Å². The number of alkyl halides is 1. The lowest BCUT2D eigenvalue weighted by molar-refractivity contribution is -0.142. The molecule has 0 fully saturated rings. The molecule has 0 atom stereocenters. The van der Waals surface area contributed by atoms with E-state index in [1.165, 1.54) is 29.0 Å². The largest absolute Gasteiger partial charge is 0.480 e. The van der Waals surface area contributed by atoms with Crippen LogP contribution in [0.1, 0.15) is 11.4 Å². The molecule has 0 amide bonds. The van der Waals surface area contributed by atoms with E-state index in [1.54, 1.807) is 52.8 Å². The van der Waals surface area contributed by atoms with Gasteiger partial charge in [-0.3, -0.25) is 19.0 Å². The highest BCUT2D eigenvalue weighted by atomic mass is 35.5. The van der Waals surface area contributed by atoms with Crippen molar-refractivity contribution in [2.75, 3.05) is 36.2 Å². The number of nitrogens with zero attached hydrogens (tertiary/aromatic N) is 4. The van der Waals surface area contributed by atoms with E-state index in [1.807, 2.05) is 99.2 Å². The smallest absolute Gasteiger partial charge is 0.328 e. The number of carboxylic acids is 1. The van der Waals surface area contributed by atoms with Crippen molar-refractivity contribution >= 4 is 66.7 Å². The highest BCUT2D eigenvalue weighted by molar-refractivity contribution is 7.99. The Morgan fingerprint density at radius 2 is 1.02 bits per heavy atom. The molecule has 0 aliphatic carbocycles. The molecule has 4 aromatic carbocycles. The van der Waals surface area contributed by atoms with Gasteiger partial charge in [0.05, 0.1) is 37.8 Å². The fraction of sp³-hybridized carbons (Fsp3) is 0.238. The molecule has 0 saturated carbocycles. The van der Waals surface area contributed by atoms with Crippen molar-refractivity contribution in [2.24, 2.45) is 0 Å². The maximum Gasteiger partial charge on any atom is 0.328 e. The van der Waals surface area contributed by atoms with Gasteiger partial charge in [0.1, 0.15) is 19.0 Å². The van der Waals surface area contributed by atoms with Crippen LogP contribution in [-0.2, 0) is 47.1 Å². The molecule has 0 spiro atoms. The highest BCUT2D eigenvalue weighted by Gasteiger charge is 2.15. The highest BCUT2D eigenvalue weighted by Crippen LogP contribution is 2.29. The predicted octanol–water partition coefficient (Wildman–Crippen LogP) is 8.35. The van der Waals surface area contributed by atoms with Gasteiger partial charge in [0, 0.05) is 12.5 Å². The van der Waals surface area contributed by atoms with Crippen molar-refractivity contribution in [1.29, 1.82) is 0 Å². The van der Waals surface area contributed by atoms with Crippen LogP contribution in [0.2, 0.25) is 0 Å². The minimum absolute atomic E-state index is 0.0435. The summed E-state index contributed by atoms with van der Waals surface area (Å²) in [5.41, 5.74) is 8.25. The van der Waals surface area contributed by atoms with E-state index < -0.39 is 25.6 Å². The Kier molecular flexibility index (Phi) is 17.0. The van der Waals surface area contributed by atoms with Gasteiger partial charge in [-0.2, -0.15) is 10.2 Å². The van der Waals surface area contributed by atoms with E-state index >= 15 is 0 Å². The van der Waals surface area contributed by atoms with Crippen LogP contribution in [0.15, 0.2) is 119 Å². The van der Waals surface area contributed by atoms with Crippen molar-refractivity contribution in [2.45, 2.75) is 36.7 Å². The normalized spacial score (nSPS) is 11.2. The first-order valence-electron chi connectivity index (χ1n) is 17.8. The maximum absolute atomic E-state index is 12.0. The van der Waals surface area contributed by atoms with Crippen LogP contribution in [-0.4, -0.2) is 89.6 Å². The van der Waals surface area contributed by atoms with E-state index in [0.717, 1.165) is 56.2 Å². The third-order valence-electron chi connectivity index (χ3n) is 8.37.